The predicted octanol–water partition coefficient (Wildman–Crippen LogP) is 5.91. The average Bonchev–Trinajstić information content (AvgIpc) is 3.08. The molecule has 0 saturated heterocycles. The molecule has 0 fully saturated rings. The summed E-state index contributed by atoms with van der Waals surface area (Å²) >= 11 is 13.9. The Kier molecular flexibility index (Phi) is 7.30. The number of aryl methyl sites for hydroxylation is 1. The number of aromatic nitrogens is 1. The van der Waals surface area contributed by atoms with Crippen LogP contribution < -0.4 is 4.90 Å². The summed E-state index contributed by atoms with van der Waals surface area (Å²) in [5, 5.41) is 1.97. The first-order valence-electron chi connectivity index (χ1n) is 9.30. The molecule has 1 aromatic heterocycles. The summed E-state index contributed by atoms with van der Waals surface area (Å²) in [7, 11) is 4.04. The Bertz CT molecular complexity index is 1050. The van der Waals surface area contributed by atoms with Crippen molar-refractivity contribution in [2.24, 2.45) is 0 Å². The van der Waals surface area contributed by atoms with Crippen molar-refractivity contribution < 1.29 is 4.79 Å². The summed E-state index contributed by atoms with van der Waals surface area (Å²) in [5.41, 5.74) is 2.69. The highest BCUT2D eigenvalue weighted by molar-refractivity contribution is 7.22. The standard InChI is InChI=1S/C22H23Cl2N3OS/c1-15-13-17(23)14-19-21(15)25-22(29-19)27(12-6-11-26(2)3)20(28)10-9-16-7-4-5-8-18(16)24/h4-5,7-10,13-14H,6,11-12H2,1-3H3. The van der Waals surface area contributed by atoms with E-state index in [1.54, 1.807) is 23.1 Å². The molecule has 0 unspecified atom stereocenters. The van der Waals surface area contributed by atoms with Crippen LogP contribution in [0.3, 0.4) is 0 Å². The lowest BCUT2D eigenvalue weighted by atomic mass is 10.2. The van der Waals surface area contributed by atoms with Crippen LogP contribution in [0.5, 0.6) is 0 Å². The van der Waals surface area contributed by atoms with Crippen LogP contribution in [0.25, 0.3) is 16.3 Å². The normalized spacial score (nSPS) is 11.7. The van der Waals surface area contributed by atoms with Gasteiger partial charge in [-0.05, 0) is 69.4 Å². The molecule has 0 aliphatic carbocycles. The summed E-state index contributed by atoms with van der Waals surface area (Å²) in [6.45, 7) is 3.44. The molecule has 4 nitrogen and oxygen atoms in total. The molecule has 2 aromatic carbocycles. The lowest BCUT2D eigenvalue weighted by Gasteiger charge is -2.19. The van der Waals surface area contributed by atoms with E-state index in [0.717, 1.165) is 34.3 Å². The van der Waals surface area contributed by atoms with Crippen molar-refractivity contribution in [3.05, 3.63) is 63.6 Å². The zero-order chi connectivity index (χ0) is 21.0. The van der Waals surface area contributed by atoms with Crippen LogP contribution in [0, 0.1) is 6.92 Å². The molecule has 0 saturated carbocycles. The molecule has 7 heteroatoms. The fourth-order valence-corrected chi connectivity index (χ4v) is 4.62. The first-order chi connectivity index (χ1) is 13.8. The number of hydrogen-bond donors (Lipinski definition) is 0. The number of carbonyl (C=O) groups excluding carboxylic acids is 1. The second kappa shape index (κ2) is 9.72. The van der Waals surface area contributed by atoms with E-state index in [-0.39, 0.29) is 5.91 Å². The molecule has 0 radical (unpaired) electrons. The maximum Gasteiger partial charge on any atom is 0.252 e. The Morgan fingerprint density at radius 3 is 2.66 bits per heavy atom. The van der Waals surface area contributed by atoms with Crippen LogP contribution in [0.15, 0.2) is 42.5 Å². The van der Waals surface area contributed by atoms with Crippen molar-refractivity contribution in [3.63, 3.8) is 0 Å². The number of benzene rings is 2. The van der Waals surface area contributed by atoms with Crippen LogP contribution in [0.1, 0.15) is 17.5 Å². The number of nitrogens with zero attached hydrogens (tertiary/aromatic N) is 3. The van der Waals surface area contributed by atoms with Crippen LogP contribution in [0.4, 0.5) is 5.13 Å². The third-order valence-corrected chi connectivity index (χ3v) is 6.02. The number of amides is 1. The van der Waals surface area contributed by atoms with E-state index in [2.05, 4.69) is 4.90 Å². The van der Waals surface area contributed by atoms with Crippen molar-refractivity contribution in [2.45, 2.75) is 13.3 Å². The molecule has 152 valence electrons. The van der Waals surface area contributed by atoms with Crippen LogP contribution >= 0.6 is 34.5 Å². The van der Waals surface area contributed by atoms with E-state index < -0.39 is 0 Å². The van der Waals surface area contributed by atoms with E-state index in [4.69, 9.17) is 28.2 Å². The van der Waals surface area contributed by atoms with Gasteiger partial charge in [-0.25, -0.2) is 4.98 Å². The number of halogens is 2. The summed E-state index contributed by atoms with van der Waals surface area (Å²) in [6.07, 6.45) is 4.15. The maximum atomic E-state index is 13.1. The van der Waals surface area contributed by atoms with E-state index >= 15 is 0 Å². The Labute approximate surface area is 185 Å². The predicted molar refractivity (Wildman–Crippen MR) is 125 cm³/mol. The Balaban J connectivity index is 1.90. The largest absolute Gasteiger partial charge is 0.309 e. The van der Waals surface area contributed by atoms with Gasteiger partial charge in [0.05, 0.1) is 10.2 Å². The van der Waals surface area contributed by atoms with Gasteiger partial charge in [-0.2, -0.15) is 0 Å². The van der Waals surface area contributed by atoms with Crippen molar-refractivity contribution >= 4 is 61.9 Å². The first-order valence-corrected chi connectivity index (χ1v) is 10.9. The molecule has 29 heavy (non-hydrogen) atoms. The molecule has 0 spiro atoms. The van der Waals surface area contributed by atoms with E-state index in [1.807, 2.05) is 51.4 Å². The third kappa shape index (κ3) is 5.58. The number of rotatable bonds is 7. The number of thiazole rings is 1. The molecule has 3 aromatic rings. The quantitative estimate of drug-likeness (QED) is 0.422. The van der Waals surface area contributed by atoms with Crippen LogP contribution in [0.2, 0.25) is 10.0 Å². The molecule has 0 N–H and O–H groups in total. The maximum absolute atomic E-state index is 13.1. The fourth-order valence-electron chi connectivity index (χ4n) is 2.96. The van der Waals surface area contributed by atoms with E-state index in [9.17, 15) is 4.79 Å². The highest BCUT2D eigenvalue weighted by Crippen LogP contribution is 2.33. The number of anilines is 1. The average molecular weight is 448 g/mol. The monoisotopic (exact) mass is 447 g/mol. The van der Waals surface area contributed by atoms with Gasteiger partial charge in [-0.1, -0.05) is 52.7 Å². The van der Waals surface area contributed by atoms with E-state index in [0.29, 0.717) is 21.7 Å². The molecule has 0 aliphatic heterocycles. The number of fused-ring (bicyclic) bond motifs is 1. The first kappa shape index (κ1) is 21.8. The number of carbonyl (C=O) groups is 1. The number of hydrogen-bond acceptors (Lipinski definition) is 4. The Morgan fingerprint density at radius 2 is 1.93 bits per heavy atom. The molecule has 1 amide bonds. The van der Waals surface area contributed by atoms with Crippen molar-refractivity contribution in [2.75, 3.05) is 32.1 Å². The highest BCUT2D eigenvalue weighted by Gasteiger charge is 2.19. The van der Waals surface area contributed by atoms with E-state index in [1.165, 1.54) is 11.3 Å². The smallest absolute Gasteiger partial charge is 0.252 e. The lowest BCUT2D eigenvalue weighted by Crippen LogP contribution is -2.32. The van der Waals surface area contributed by atoms with Crippen molar-refractivity contribution in [1.29, 1.82) is 0 Å². The van der Waals surface area contributed by atoms with Gasteiger partial charge in [0.1, 0.15) is 0 Å². The molecule has 0 bridgehead atoms. The van der Waals surface area contributed by atoms with Gasteiger partial charge >= 0.3 is 0 Å². The minimum atomic E-state index is -0.119. The molecule has 3 rings (SSSR count). The molecule has 0 aliphatic rings. The summed E-state index contributed by atoms with van der Waals surface area (Å²) in [6, 6.07) is 11.2. The van der Waals surface area contributed by atoms with Gasteiger partial charge in [-0.15, -0.1) is 0 Å². The van der Waals surface area contributed by atoms with Crippen LogP contribution in [-0.2, 0) is 4.79 Å². The van der Waals surface area contributed by atoms with Gasteiger partial charge in [0.15, 0.2) is 5.13 Å². The van der Waals surface area contributed by atoms with Gasteiger partial charge in [-0.3, -0.25) is 9.69 Å². The van der Waals surface area contributed by atoms with Crippen molar-refractivity contribution in [3.8, 4) is 0 Å². The van der Waals surface area contributed by atoms with Gasteiger partial charge in [0.2, 0.25) is 0 Å². The SMILES string of the molecule is Cc1cc(Cl)cc2sc(N(CCCN(C)C)C(=O)C=Cc3ccccc3Cl)nc12. The van der Waals surface area contributed by atoms with Gasteiger partial charge < -0.3 is 4.90 Å². The summed E-state index contributed by atoms with van der Waals surface area (Å²) < 4.78 is 0.977. The highest BCUT2D eigenvalue weighted by atomic mass is 35.5. The fraction of sp³-hybridized carbons (Fsp3) is 0.273. The molecule has 0 atom stereocenters. The van der Waals surface area contributed by atoms with Crippen LogP contribution in [-0.4, -0.2) is 43.0 Å². The minimum absolute atomic E-state index is 0.119. The second-order valence-corrected chi connectivity index (χ2v) is 8.92. The zero-order valence-electron chi connectivity index (χ0n) is 16.7. The second-order valence-electron chi connectivity index (χ2n) is 7.07. The topological polar surface area (TPSA) is 36.4 Å². The van der Waals surface area contributed by atoms with Gasteiger partial charge in [0.25, 0.3) is 5.91 Å². The Morgan fingerprint density at radius 1 is 1.17 bits per heavy atom. The molecule has 1 heterocycles. The van der Waals surface area contributed by atoms with Crippen molar-refractivity contribution in [1.82, 2.24) is 9.88 Å². The Hall–Kier alpha value is -1.92. The lowest BCUT2D eigenvalue weighted by molar-refractivity contribution is -0.114. The summed E-state index contributed by atoms with van der Waals surface area (Å²) in [4.78, 5) is 21.6. The summed E-state index contributed by atoms with van der Waals surface area (Å²) in [5.74, 6) is -0.119. The third-order valence-electron chi connectivity index (χ3n) is 4.43. The van der Waals surface area contributed by atoms with Gasteiger partial charge in [0, 0.05) is 22.7 Å². The zero-order valence-corrected chi connectivity index (χ0v) is 19.0. The molecular weight excluding hydrogens is 425 g/mol. The molecular formula is C22H23Cl2N3OS. The minimum Gasteiger partial charge on any atom is -0.309 e.